The Morgan fingerprint density at radius 2 is 2.27 bits per heavy atom. The van der Waals surface area contributed by atoms with E-state index in [2.05, 4.69) is 21.1 Å². The molecule has 0 saturated heterocycles. The van der Waals surface area contributed by atoms with Gasteiger partial charge in [0.25, 0.3) is 0 Å². The molecule has 0 amide bonds. The van der Waals surface area contributed by atoms with Gasteiger partial charge in [0.1, 0.15) is 11.3 Å². The summed E-state index contributed by atoms with van der Waals surface area (Å²) < 4.78 is 5.42. The van der Waals surface area contributed by atoms with Crippen molar-refractivity contribution in [3.63, 3.8) is 0 Å². The lowest BCUT2D eigenvalue weighted by Crippen LogP contribution is -1.66. The SMILES string of the molecule is Oc1ccc2c(Br)onc2c1. The quantitative estimate of drug-likeness (QED) is 0.731. The Labute approximate surface area is 70.7 Å². The molecule has 0 radical (unpaired) electrons. The van der Waals surface area contributed by atoms with Crippen LogP contribution in [-0.2, 0) is 0 Å². The first-order valence-corrected chi connectivity index (χ1v) is 3.80. The number of nitrogens with zero attached hydrogens (tertiary/aromatic N) is 1. The highest BCUT2D eigenvalue weighted by Crippen LogP contribution is 2.25. The Hall–Kier alpha value is -1.03. The molecule has 0 bridgehead atoms. The van der Waals surface area contributed by atoms with Crippen molar-refractivity contribution in [2.24, 2.45) is 0 Å². The number of aromatic nitrogens is 1. The number of rotatable bonds is 0. The highest BCUT2D eigenvalue weighted by atomic mass is 79.9. The van der Waals surface area contributed by atoms with Crippen LogP contribution >= 0.6 is 15.9 Å². The molecular formula is C7H4BrNO2. The summed E-state index contributed by atoms with van der Waals surface area (Å²) in [6.07, 6.45) is 0. The average molecular weight is 214 g/mol. The summed E-state index contributed by atoms with van der Waals surface area (Å²) in [4.78, 5) is 0. The van der Waals surface area contributed by atoms with Gasteiger partial charge in [0.05, 0.1) is 5.39 Å². The Morgan fingerprint density at radius 3 is 3.09 bits per heavy atom. The maximum Gasteiger partial charge on any atom is 0.209 e. The number of benzene rings is 1. The van der Waals surface area contributed by atoms with E-state index in [0.29, 0.717) is 10.2 Å². The lowest BCUT2D eigenvalue weighted by Gasteiger charge is -1.87. The second-order valence-corrected chi connectivity index (χ2v) is 2.88. The van der Waals surface area contributed by atoms with Crippen molar-refractivity contribution in [1.82, 2.24) is 5.16 Å². The van der Waals surface area contributed by atoms with Crippen molar-refractivity contribution in [2.75, 3.05) is 0 Å². The Kier molecular flexibility index (Phi) is 1.35. The summed E-state index contributed by atoms with van der Waals surface area (Å²) in [6, 6.07) is 4.87. The van der Waals surface area contributed by atoms with E-state index in [1.807, 2.05) is 0 Å². The molecule has 4 heteroatoms. The van der Waals surface area contributed by atoms with E-state index >= 15 is 0 Å². The minimum absolute atomic E-state index is 0.193. The van der Waals surface area contributed by atoms with E-state index in [9.17, 15) is 0 Å². The molecule has 0 aliphatic carbocycles. The molecule has 56 valence electrons. The third-order valence-electron chi connectivity index (χ3n) is 1.42. The number of hydrogen-bond donors (Lipinski definition) is 1. The fraction of sp³-hybridized carbons (Fsp3) is 0. The van der Waals surface area contributed by atoms with Crippen LogP contribution in [0.5, 0.6) is 5.75 Å². The zero-order valence-corrected chi connectivity index (χ0v) is 7.00. The number of phenolic OH excluding ortho intramolecular Hbond substituents is 1. The smallest absolute Gasteiger partial charge is 0.209 e. The van der Waals surface area contributed by atoms with Gasteiger partial charge in [-0.25, -0.2) is 0 Å². The van der Waals surface area contributed by atoms with Gasteiger partial charge in [0.15, 0.2) is 0 Å². The van der Waals surface area contributed by atoms with E-state index in [1.165, 1.54) is 0 Å². The van der Waals surface area contributed by atoms with Crippen LogP contribution < -0.4 is 0 Å². The summed E-state index contributed by atoms with van der Waals surface area (Å²) in [5.41, 5.74) is 0.650. The van der Waals surface area contributed by atoms with Crippen LogP contribution in [0.1, 0.15) is 0 Å². The van der Waals surface area contributed by atoms with Gasteiger partial charge in [-0.05, 0) is 28.1 Å². The molecule has 1 heterocycles. The topological polar surface area (TPSA) is 46.3 Å². The second-order valence-electron chi connectivity index (χ2n) is 2.16. The Balaban J connectivity index is 2.86. The molecule has 0 aliphatic rings. The molecule has 11 heavy (non-hydrogen) atoms. The lowest BCUT2D eigenvalue weighted by atomic mass is 10.2. The fourth-order valence-electron chi connectivity index (χ4n) is 0.900. The van der Waals surface area contributed by atoms with Crippen molar-refractivity contribution in [1.29, 1.82) is 0 Å². The predicted molar refractivity (Wildman–Crippen MR) is 43.4 cm³/mol. The van der Waals surface area contributed by atoms with Crippen LogP contribution in [0.3, 0.4) is 0 Å². The zero-order chi connectivity index (χ0) is 7.84. The maximum absolute atomic E-state index is 9.04. The van der Waals surface area contributed by atoms with E-state index in [4.69, 9.17) is 9.63 Å². The molecule has 1 aromatic heterocycles. The Morgan fingerprint density at radius 1 is 1.45 bits per heavy atom. The maximum atomic E-state index is 9.04. The molecule has 0 saturated carbocycles. The molecule has 1 aromatic carbocycles. The van der Waals surface area contributed by atoms with Crippen LogP contribution in [0.4, 0.5) is 0 Å². The lowest BCUT2D eigenvalue weighted by molar-refractivity contribution is 0.408. The fourth-order valence-corrected chi connectivity index (χ4v) is 1.31. The molecule has 0 fully saturated rings. The summed E-state index contributed by atoms with van der Waals surface area (Å²) in [7, 11) is 0. The van der Waals surface area contributed by atoms with Gasteiger partial charge >= 0.3 is 0 Å². The first-order chi connectivity index (χ1) is 5.27. The Bertz CT molecular complexity index is 396. The van der Waals surface area contributed by atoms with Gasteiger partial charge in [0, 0.05) is 6.07 Å². The molecule has 1 N–H and O–H groups in total. The number of phenols is 1. The van der Waals surface area contributed by atoms with E-state index in [0.717, 1.165) is 5.39 Å². The van der Waals surface area contributed by atoms with Crippen molar-refractivity contribution in [3.8, 4) is 5.75 Å². The summed E-state index contributed by atoms with van der Waals surface area (Å²) in [5.74, 6) is 0.193. The average Bonchev–Trinajstić information content (AvgIpc) is 2.32. The molecule has 0 aliphatic heterocycles. The summed E-state index contributed by atoms with van der Waals surface area (Å²) in [5, 5.41) is 13.6. The zero-order valence-electron chi connectivity index (χ0n) is 5.41. The van der Waals surface area contributed by atoms with E-state index in [1.54, 1.807) is 18.2 Å². The molecule has 0 atom stereocenters. The van der Waals surface area contributed by atoms with Gasteiger partial charge in [-0.1, -0.05) is 5.16 Å². The third-order valence-corrected chi connectivity index (χ3v) is 1.99. The largest absolute Gasteiger partial charge is 0.508 e. The molecule has 2 rings (SSSR count). The standard InChI is InChI=1S/C7H4BrNO2/c8-7-5-2-1-4(10)3-6(5)9-11-7/h1-3,10H. The van der Waals surface area contributed by atoms with Gasteiger partial charge in [-0.2, -0.15) is 0 Å². The van der Waals surface area contributed by atoms with Gasteiger partial charge in [-0.15, -0.1) is 0 Å². The number of fused-ring (bicyclic) bond motifs is 1. The first kappa shape index (κ1) is 6.67. The molecule has 0 spiro atoms. The second kappa shape index (κ2) is 2.23. The monoisotopic (exact) mass is 213 g/mol. The van der Waals surface area contributed by atoms with Crippen molar-refractivity contribution in [2.45, 2.75) is 0 Å². The van der Waals surface area contributed by atoms with Gasteiger partial charge in [-0.3, -0.25) is 0 Å². The van der Waals surface area contributed by atoms with Crippen molar-refractivity contribution in [3.05, 3.63) is 22.9 Å². The predicted octanol–water partition coefficient (Wildman–Crippen LogP) is 2.30. The summed E-state index contributed by atoms with van der Waals surface area (Å²) >= 11 is 3.18. The first-order valence-electron chi connectivity index (χ1n) is 3.01. The van der Waals surface area contributed by atoms with Crippen LogP contribution in [-0.4, -0.2) is 10.3 Å². The van der Waals surface area contributed by atoms with Crippen LogP contribution in [0.15, 0.2) is 27.4 Å². The highest BCUT2D eigenvalue weighted by molar-refractivity contribution is 9.10. The van der Waals surface area contributed by atoms with Gasteiger partial charge in [0.2, 0.25) is 4.67 Å². The molecule has 2 aromatic rings. The number of halogens is 1. The van der Waals surface area contributed by atoms with E-state index < -0.39 is 0 Å². The van der Waals surface area contributed by atoms with Crippen LogP contribution in [0.2, 0.25) is 0 Å². The van der Waals surface area contributed by atoms with Crippen molar-refractivity contribution < 1.29 is 9.63 Å². The van der Waals surface area contributed by atoms with Crippen LogP contribution in [0.25, 0.3) is 10.9 Å². The minimum atomic E-state index is 0.193. The van der Waals surface area contributed by atoms with Crippen molar-refractivity contribution >= 4 is 26.8 Å². The molecule has 3 nitrogen and oxygen atoms in total. The molecular weight excluding hydrogens is 210 g/mol. The van der Waals surface area contributed by atoms with Crippen LogP contribution in [0, 0.1) is 0 Å². The summed E-state index contributed by atoms with van der Waals surface area (Å²) in [6.45, 7) is 0. The highest BCUT2D eigenvalue weighted by Gasteiger charge is 2.04. The molecule has 0 unspecified atom stereocenters. The minimum Gasteiger partial charge on any atom is -0.508 e. The normalized spacial score (nSPS) is 10.6. The van der Waals surface area contributed by atoms with E-state index in [-0.39, 0.29) is 5.75 Å². The number of aromatic hydroxyl groups is 1. The van der Waals surface area contributed by atoms with Gasteiger partial charge < -0.3 is 9.63 Å². The third kappa shape index (κ3) is 0.991. The number of hydrogen-bond acceptors (Lipinski definition) is 3.